The second-order valence-electron chi connectivity index (χ2n) is 4.43. The lowest BCUT2D eigenvalue weighted by atomic mass is 10.1. The van der Waals surface area contributed by atoms with Gasteiger partial charge in [-0.15, -0.1) is 0 Å². The summed E-state index contributed by atoms with van der Waals surface area (Å²) in [4.78, 5) is 23.5. The minimum Gasteiger partial charge on any atom is -0.344 e. The molecule has 0 radical (unpaired) electrons. The summed E-state index contributed by atoms with van der Waals surface area (Å²) in [6.07, 6.45) is 1.34. The number of hydrogen-bond donors (Lipinski definition) is 0. The van der Waals surface area contributed by atoms with Crippen molar-refractivity contribution >= 4 is 16.7 Å². The van der Waals surface area contributed by atoms with Gasteiger partial charge in [-0.1, -0.05) is 0 Å². The van der Waals surface area contributed by atoms with Crippen molar-refractivity contribution in [2.75, 3.05) is 6.67 Å². The zero-order chi connectivity index (χ0) is 14.2. The lowest BCUT2D eigenvalue weighted by molar-refractivity contribution is 0.101. The molecule has 1 aromatic carbocycles. The summed E-state index contributed by atoms with van der Waals surface area (Å²) in [6.45, 7) is 2.21. The van der Waals surface area contributed by atoms with Gasteiger partial charge in [0.05, 0.1) is 17.6 Å². The van der Waals surface area contributed by atoms with Gasteiger partial charge in [0.15, 0.2) is 11.2 Å². The van der Waals surface area contributed by atoms with E-state index in [0.717, 1.165) is 6.07 Å². The Labute approximate surface area is 108 Å². The summed E-state index contributed by atoms with van der Waals surface area (Å²) in [5.74, 6) is -0.933. The highest BCUT2D eigenvalue weighted by molar-refractivity contribution is 5.97. The molecule has 0 aliphatic heterocycles. The van der Waals surface area contributed by atoms with E-state index < -0.39 is 23.7 Å². The molecule has 5 heteroatoms. The molecule has 0 bridgehead atoms. The van der Waals surface area contributed by atoms with Crippen molar-refractivity contribution in [3.63, 3.8) is 0 Å². The third-order valence-corrected chi connectivity index (χ3v) is 3.07. The van der Waals surface area contributed by atoms with E-state index in [1.54, 1.807) is 6.92 Å². The molecule has 0 saturated carbocycles. The molecule has 0 amide bonds. The molecule has 2 aromatic rings. The number of Topliss-reactive ketones (excluding diaryl/α,β-unsaturated/α-hetero) is 1. The van der Waals surface area contributed by atoms with E-state index in [9.17, 15) is 18.4 Å². The predicted octanol–water partition coefficient (Wildman–Crippen LogP) is 2.62. The first-order valence-electron chi connectivity index (χ1n) is 5.86. The molecule has 2 rings (SSSR count). The summed E-state index contributed by atoms with van der Waals surface area (Å²) < 4.78 is 27.6. The summed E-state index contributed by atoms with van der Waals surface area (Å²) in [5, 5.41) is 0.101. The van der Waals surface area contributed by atoms with Crippen molar-refractivity contribution in [2.45, 2.75) is 20.4 Å². The Morgan fingerprint density at radius 2 is 2.05 bits per heavy atom. The lowest BCUT2D eigenvalue weighted by Gasteiger charge is -2.12. The van der Waals surface area contributed by atoms with Crippen molar-refractivity contribution in [3.8, 4) is 0 Å². The number of hydrogen-bond acceptors (Lipinski definition) is 2. The fourth-order valence-electron chi connectivity index (χ4n) is 2.04. The van der Waals surface area contributed by atoms with Gasteiger partial charge < -0.3 is 4.57 Å². The van der Waals surface area contributed by atoms with E-state index in [1.165, 1.54) is 23.8 Å². The molecular formula is C14H13F2NO2. The number of halogens is 2. The maximum absolute atomic E-state index is 13.6. The van der Waals surface area contributed by atoms with Crippen LogP contribution in [-0.4, -0.2) is 17.0 Å². The average molecular weight is 265 g/mol. The highest BCUT2D eigenvalue weighted by Crippen LogP contribution is 2.17. The molecule has 1 aromatic heterocycles. The van der Waals surface area contributed by atoms with Crippen LogP contribution >= 0.6 is 0 Å². The van der Waals surface area contributed by atoms with Gasteiger partial charge in [-0.2, -0.15) is 0 Å². The Hall–Kier alpha value is -2.04. The quantitative estimate of drug-likeness (QED) is 0.800. The molecule has 0 aliphatic carbocycles. The van der Waals surface area contributed by atoms with Crippen LogP contribution in [-0.2, 0) is 6.54 Å². The average Bonchev–Trinajstić information content (AvgIpc) is 2.35. The molecule has 3 nitrogen and oxygen atoms in total. The SMILES string of the molecule is CC(=O)c1cn(CCF)c2cc(C)c(F)cc2c1=O. The second kappa shape index (κ2) is 4.91. The zero-order valence-electron chi connectivity index (χ0n) is 10.7. The highest BCUT2D eigenvalue weighted by atomic mass is 19.1. The van der Waals surface area contributed by atoms with Crippen molar-refractivity contribution in [3.05, 3.63) is 45.5 Å². The van der Waals surface area contributed by atoms with Gasteiger partial charge in [-0.3, -0.25) is 9.59 Å². The van der Waals surface area contributed by atoms with Gasteiger partial charge in [0.2, 0.25) is 0 Å². The van der Waals surface area contributed by atoms with Crippen LogP contribution in [0.1, 0.15) is 22.8 Å². The van der Waals surface area contributed by atoms with E-state index in [4.69, 9.17) is 0 Å². The molecule has 0 spiro atoms. The summed E-state index contributed by atoms with van der Waals surface area (Å²) in [7, 11) is 0. The maximum Gasteiger partial charge on any atom is 0.200 e. The number of aromatic nitrogens is 1. The molecule has 0 N–H and O–H groups in total. The van der Waals surface area contributed by atoms with E-state index >= 15 is 0 Å². The molecule has 0 aliphatic rings. The van der Waals surface area contributed by atoms with Crippen molar-refractivity contribution in [1.82, 2.24) is 4.57 Å². The van der Waals surface area contributed by atoms with Crippen molar-refractivity contribution in [1.29, 1.82) is 0 Å². The zero-order valence-corrected chi connectivity index (χ0v) is 10.7. The van der Waals surface area contributed by atoms with Crippen LogP contribution in [0.25, 0.3) is 10.9 Å². The van der Waals surface area contributed by atoms with Gasteiger partial charge in [-0.05, 0) is 31.5 Å². The highest BCUT2D eigenvalue weighted by Gasteiger charge is 2.14. The molecule has 0 unspecified atom stereocenters. The Bertz CT molecular complexity index is 719. The number of nitrogens with zero attached hydrogens (tertiary/aromatic N) is 1. The van der Waals surface area contributed by atoms with Crippen LogP contribution in [0.2, 0.25) is 0 Å². The topological polar surface area (TPSA) is 39.1 Å². The first-order valence-corrected chi connectivity index (χ1v) is 5.86. The normalized spacial score (nSPS) is 10.9. The number of carbonyl (C=O) groups excluding carboxylic acids is 1. The number of carbonyl (C=O) groups is 1. The van der Waals surface area contributed by atoms with Crippen molar-refractivity contribution < 1.29 is 13.6 Å². The van der Waals surface area contributed by atoms with Gasteiger partial charge in [0.1, 0.15) is 12.5 Å². The van der Waals surface area contributed by atoms with E-state index in [-0.39, 0.29) is 17.5 Å². The van der Waals surface area contributed by atoms with E-state index in [2.05, 4.69) is 0 Å². The molecule has 1 heterocycles. The molecule has 0 fully saturated rings. The van der Waals surface area contributed by atoms with Gasteiger partial charge in [0, 0.05) is 11.6 Å². The van der Waals surface area contributed by atoms with E-state index in [0.29, 0.717) is 11.1 Å². The summed E-state index contributed by atoms with van der Waals surface area (Å²) >= 11 is 0. The summed E-state index contributed by atoms with van der Waals surface area (Å²) in [6, 6.07) is 2.60. The number of rotatable bonds is 3. The fourth-order valence-corrected chi connectivity index (χ4v) is 2.04. The van der Waals surface area contributed by atoms with Crippen LogP contribution in [0.5, 0.6) is 0 Å². The minimum absolute atomic E-state index is 0.0160. The summed E-state index contributed by atoms with van der Waals surface area (Å²) in [5.41, 5.74) is 0.238. The van der Waals surface area contributed by atoms with Crippen LogP contribution in [0.15, 0.2) is 23.1 Å². The molecule has 0 saturated heterocycles. The number of aryl methyl sites for hydroxylation is 2. The fraction of sp³-hybridized carbons (Fsp3) is 0.286. The van der Waals surface area contributed by atoms with E-state index in [1.807, 2.05) is 0 Å². The van der Waals surface area contributed by atoms with Crippen LogP contribution in [0, 0.1) is 12.7 Å². The van der Waals surface area contributed by atoms with Crippen LogP contribution in [0.4, 0.5) is 8.78 Å². The Morgan fingerprint density at radius 1 is 1.37 bits per heavy atom. The third kappa shape index (κ3) is 2.28. The third-order valence-electron chi connectivity index (χ3n) is 3.07. The smallest absolute Gasteiger partial charge is 0.200 e. The van der Waals surface area contributed by atoms with Crippen LogP contribution < -0.4 is 5.43 Å². The molecular weight excluding hydrogens is 252 g/mol. The largest absolute Gasteiger partial charge is 0.344 e. The predicted molar refractivity (Wildman–Crippen MR) is 68.9 cm³/mol. The maximum atomic E-state index is 13.6. The van der Waals surface area contributed by atoms with Gasteiger partial charge in [0.25, 0.3) is 0 Å². The Kier molecular flexibility index (Phi) is 3.46. The van der Waals surface area contributed by atoms with Gasteiger partial charge >= 0.3 is 0 Å². The van der Waals surface area contributed by atoms with Gasteiger partial charge in [-0.25, -0.2) is 8.78 Å². The monoisotopic (exact) mass is 265 g/mol. The van der Waals surface area contributed by atoms with Crippen molar-refractivity contribution in [2.24, 2.45) is 0 Å². The Balaban J connectivity index is 2.92. The first-order chi connectivity index (χ1) is 8.95. The number of ketones is 1. The number of fused-ring (bicyclic) bond motifs is 1. The number of benzene rings is 1. The Morgan fingerprint density at radius 3 is 2.63 bits per heavy atom. The number of pyridine rings is 1. The second-order valence-corrected chi connectivity index (χ2v) is 4.43. The minimum atomic E-state index is -0.633. The first kappa shape index (κ1) is 13.4. The van der Waals surface area contributed by atoms with Crippen LogP contribution in [0.3, 0.4) is 0 Å². The number of alkyl halides is 1. The molecule has 19 heavy (non-hydrogen) atoms. The molecule has 0 atom stereocenters. The molecule has 100 valence electrons. The lowest BCUT2D eigenvalue weighted by Crippen LogP contribution is -2.18. The standard InChI is InChI=1S/C14H13F2NO2/c1-8-5-13-10(6-12(8)16)14(19)11(9(2)18)7-17(13)4-3-15/h5-7H,3-4H2,1-2H3.